The maximum Gasteiger partial charge on any atom is 0.191 e. The molecule has 27 heavy (non-hydrogen) atoms. The van der Waals surface area contributed by atoms with E-state index in [0.717, 1.165) is 55.2 Å². The zero-order valence-electron chi connectivity index (χ0n) is 16.2. The molecule has 1 heterocycles. The summed E-state index contributed by atoms with van der Waals surface area (Å²) >= 11 is 3.46. The molecule has 0 saturated carbocycles. The van der Waals surface area contributed by atoms with Crippen molar-refractivity contribution in [3.63, 3.8) is 0 Å². The van der Waals surface area contributed by atoms with E-state index in [9.17, 15) is 0 Å². The summed E-state index contributed by atoms with van der Waals surface area (Å²) in [6, 6.07) is 12.1. The van der Waals surface area contributed by atoms with Crippen LogP contribution in [0.5, 0.6) is 0 Å². The van der Waals surface area contributed by atoms with Crippen molar-refractivity contribution in [1.82, 2.24) is 10.6 Å². The molecule has 1 aromatic carbocycles. The standard InChI is InChI=1S/C21H30BrN3O2/c1-17(2)26-14-4-3-12-23-21(24-13-11-20-6-5-15-27-20)25-16-18-7-9-19(22)10-8-18/h5-10,15,17H,3-4,11-14,16H2,1-2H3,(H2,23,24,25). The first-order valence-electron chi connectivity index (χ1n) is 9.54. The fourth-order valence-corrected chi connectivity index (χ4v) is 2.71. The SMILES string of the molecule is CC(C)OCCCCNC(=NCc1ccc(Br)cc1)NCCc1ccco1. The molecule has 5 nitrogen and oxygen atoms in total. The molecule has 0 bridgehead atoms. The van der Waals surface area contributed by atoms with Crippen LogP contribution in [0.1, 0.15) is 38.0 Å². The van der Waals surface area contributed by atoms with Crippen molar-refractivity contribution in [1.29, 1.82) is 0 Å². The zero-order valence-corrected chi connectivity index (χ0v) is 17.8. The van der Waals surface area contributed by atoms with Crippen molar-refractivity contribution in [2.45, 2.75) is 45.8 Å². The third-order valence-electron chi connectivity index (χ3n) is 3.89. The van der Waals surface area contributed by atoms with Crippen LogP contribution in [0.4, 0.5) is 0 Å². The van der Waals surface area contributed by atoms with Crippen LogP contribution in [-0.4, -0.2) is 31.8 Å². The van der Waals surface area contributed by atoms with Crippen LogP contribution >= 0.6 is 15.9 Å². The Morgan fingerprint density at radius 1 is 1.11 bits per heavy atom. The van der Waals surface area contributed by atoms with E-state index in [1.54, 1.807) is 6.26 Å². The fourth-order valence-electron chi connectivity index (χ4n) is 2.45. The first-order valence-corrected chi connectivity index (χ1v) is 10.3. The van der Waals surface area contributed by atoms with Crippen molar-refractivity contribution in [3.05, 3.63) is 58.5 Å². The van der Waals surface area contributed by atoms with E-state index < -0.39 is 0 Å². The first-order chi connectivity index (χ1) is 13.1. The molecule has 0 aliphatic carbocycles. The summed E-state index contributed by atoms with van der Waals surface area (Å²) in [6.07, 6.45) is 4.91. The van der Waals surface area contributed by atoms with Gasteiger partial charge in [0.2, 0.25) is 0 Å². The maximum atomic E-state index is 5.58. The van der Waals surface area contributed by atoms with Gasteiger partial charge in [0.1, 0.15) is 5.76 Å². The van der Waals surface area contributed by atoms with E-state index in [4.69, 9.17) is 14.1 Å². The highest BCUT2D eigenvalue weighted by molar-refractivity contribution is 9.10. The van der Waals surface area contributed by atoms with E-state index in [1.165, 1.54) is 5.56 Å². The number of hydrogen-bond acceptors (Lipinski definition) is 3. The maximum absolute atomic E-state index is 5.58. The minimum Gasteiger partial charge on any atom is -0.469 e. The van der Waals surface area contributed by atoms with Crippen LogP contribution in [-0.2, 0) is 17.7 Å². The van der Waals surface area contributed by atoms with Crippen molar-refractivity contribution in [3.8, 4) is 0 Å². The summed E-state index contributed by atoms with van der Waals surface area (Å²) in [4.78, 5) is 4.71. The number of unbranched alkanes of at least 4 members (excludes halogenated alkanes) is 1. The Labute approximate surface area is 170 Å². The molecule has 0 spiro atoms. The number of furan rings is 1. The summed E-state index contributed by atoms with van der Waals surface area (Å²) < 4.78 is 12.0. The lowest BCUT2D eigenvalue weighted by molar-refractivity contribution is 0.0762. The average Bonchev–Trinajstić information content (AvgIpc) is 3.16. The molecule has 2 aromatic rings. The van der Waals surface area contributed by atoms with Crippen LogP contribution in [0.25, 0.3) is 0 Å². The molecule has 2 N–H and O–H groups in total. The lowest BCUT2D eigenvalue weighted by Gasteiger charge is -2.13. The molecule has 0 fully saturated rings. The molecule has 1 aromatic heterocycles. The Balaban J connectivity index is 1.79. The quantitative estimate of drug-likeness (QED) is 0.309. The third-order valence-corrected chi connectivity index (χ3v) is 4.42. The van der Waals surface area contributed by atoms with Crippen molar-refractivity contribution >= 4 is 21.9 Å². The monoisotopic (exact) mass is 435 g/mol. The number of aliphatic imine (C=N–C) groups is 1. The third kappa shape index (κ3) is 9.63. The Bertz CT molecular complexity index is 655. The number of ether oxygens (including phenoxy) is 1. The van der Waals surface area contributed by atoms with Gasteiger partial charge in [-0.05, 0) is 56.5 Å². The predicted molar refractivity (Wildman–Crippen MR) is 114 cm³/mol. The molecule has 2 rings (SSSR count). The Kier molecular flexibility index (Phi) is 10.0. The highest BCUT2D eigenvalue weighted by Crippen LogP contribution is 2.11. The summed E-state index contributed by atoms with van der Waals surface area (Å²) in [5.74, 6) is 1.80. The molecule has 0 aliphatic rings. The smallest absolute Gasteiger partial charge is 0.191 e. The number of benzene rings is 1. The molecule has 148 valence electrons. The lowest BCUT2D eigenvalue weighted by atomic mass is 10.2. The lowest BCUT2D eigenvalue weighted by Crippen LogP contribution is -2.39. The van der Waals surface area contributed by atoms with Crippen LogP contribution in [0.2, 0.25) is 0 Å². The van der Waals surface area contributed by atoms with E-state index in [-0.39, 0.29) is 0 Å². The molecule has 0 radical (unpaired) electrons. The summed E-state index contributed by atoms with van der Waals surface area (Å²) in [6.45, 7) is 7.21. The van der Waals surface area contributed by atoms with Gasteiger partial charge in [-0.1, -0.05) is 28.1 Å². The molecular weight excluding hydrogens is 406 g/mol. The van der Waals surface area contributed by atoms with Crippen LogP contribution < -0.4 is 10.6 Å². The molecule has 6 heteroatoms. The van der Waals surface area contributed by atoms with Gasteiger partial charge >= 0.3 is 0 Å². The van der Waals surface area contributed by atoms with E-state index in [2.05, 4.69) is 52.5 Å². The van der Waals surface area contributed by atoms with Gasteiger partial charge < -0.3 is 19.8 Å². The second-order valence-electron chi connectivity index (χ2n) is 6.60. The minimum atomic E-state index is 0.296. The van der Waals surface area contributed by atoms with Crippen molar-refractivity contribution in [2.24, 2.45) is 4.99 Å². The van der Waals surface area contributed by atoms with Crippen molar-refractivity contribution in [2.75, 3.05) is 19.7 Å². The normalized spacial score (nSPS) is 11.8. The van der Waals surface area contributed by atoms with E-state index >= 15 is 0 Å². The molecule has 0 aliphatic heterocycles. The molecular formula is C21H30BrN3O2. The van der Waals surface area contributed by atoms with Crippen molar-refractivity contribution < 1.29 is 9.15 Å². The predicted octanol–water partition coefficient (Wildman–Crippen LogP) is 4.53. The summed E-state index contributed by atoms with van der Waals surface area (Å²) in [7, 11) is 0. The average molecular weight is 436 g/mol. The van der Waals surface area contributed by atoms with Gasteiger partial charge in [-0.25, -0.2) is 4.99 Å². The van der Waals surface area contributed by atoms with E-state index in [0.29, 0.717) is 12.6 Å². The second-order valence-corrected chi connectivity index (χ2v) is 7.52. The van der Waals surface area contributed by atoms with Crippen LogP contribution in [0, 0.1) is 0 Å². The summed E-state index contributed by atoms with van der Waals surface area (Å²) in [5.41, 5.74) is 1.18. The number of guanidine groups is 1. The molecule has 0 saturated heterocycles. The molecule has 0 atom stereocenters. The van der Waals surface area contributed by atoms with Gasteiger partial charge in [-0.15, -0.1) is 0 Å². The van der Waals surface area contributed by atoms with Gasteiger partial charge in [0.25, 0.3) is 0 Å². The number of nitrogens with zero attached hydrogens (tertiary/aromatic N) is 1. The largest absolute Gasteiger partial charge is 0.469 e. The number of nitrogens with one attached hydrogen (secondary N) is 2. The van der Waals surface area contributed by atoms with Gasteiger partial charge in [-0.3, -0.25) is 0 Å². The van der Waals surface area contributed by atoms with Gasteiger partial charge in [0.05, 0.1) is 18.9 Å². The summed E-state index contributed by atoms with van der Waals surface area (Å²) in [5, 5.41) is 6.80. The topological polar surface area (TPSA) is 58.8 Å². The second kappa shape index (κ2) is 12.6. The molecule has 0 unspecified atom stereocenters. The Morgan fingerprint density at radius 3 is 2.59 bits per heavy atom. The highest BCUT2D eigenvalue weighted by Gasteiger charge is 2.01. The Hall–Kier alpha value is -1.79. The van der Waals surface area contributed by atoms with Gasteiger partial charge in [0.15, 0.2) is 5.96 Å². The Morgan fingerprint density at radius 2 is 1.89 bits per heavy atom. The van der Waals surface area contributed by atoms with E-state index in [1.807, 2.05) is 24.3 Å². The molecule has 0 amide bonds. The zero-order chi connectivity index (χ0) is 19.3. The van der Waals surface area contributed by atoms with Crippen LogP contribution in [0.15, 0.2) is 56.5 Å². The van der Waals surface area contributed by atoms with Gasteiger partial charge in [0, 0.05) is 30.6 Å². The first kappa shape index (κ1) is 21.5. The fraction of sp³-hybridized carbons (Fsp3) is 0.476. The number of halogens is 1. The van der Waals surface area contributed by atoms with Crippen LogP contribution in [0.3, 0.4) is 0 Å². The van der Waals surface area contributed by atoms with Gasteiger partial charge in [-0.2, -0.15) is 0 Å². The number of rotatable bonds is 11. The number of hydrogen-bond donors (Lipinski definition) is 2. The highest BCUT2D eigenvalue weighted by atomic mass is 79.9. The minimum absolute atomic E-state index is 0.296.